The Balaban J connectivity index is 1.91. The smallest absolute Gasteiger partial charge is 0.286 e. The fourth-order valence-corrected chi connectivity index (χ4v) is 2.62. The van der Waals surface area contributed by atoms with Gasteiger partial charge in [-0.15, -0.1) is 0 Å². The minimum atomic E-state index is -0.409. The first kappa shape index (κ1) is 20.0. The Bertz CT molecular complexity index is 767. The normalized spacial score (nSPS) is 10.8. The van der Waals surface area contributed by atoms with Crippen LogP contribution in [0.15, 0.2) is 34.7 Å². The summed E-state index contributed by atoms with van der Waals surface area (Å²) in [5.74, 6) is 1.64. The number of amides is 1. The van der Waals surface area contributed by atoms with E-state index in [9.17, 15) is 9.59 Å². The number of rotatable bonds is 9. The summed E-state index contributed by atoms with van der Waals surface area (Å²) in [4.78, 5) is 22.7. The maximum absolute atomic E-state index is 12.0. The molecule has 0 fully saturated rings. The minimum absolute atomic E-state index is 0.217. The highest BCUT2D eigenvalue weighted by molar-refractivity contribution is 6.63. The molecule has 0 atom stereocenters. The van der Waals surface area contributed by atoms with Crippen LogP contribution in [0.5, 0.6) is 5.75 Å². The van der Waals surface area contributed by atoms with Gasteiger partial charge >= 0.3 is 0 Å². The van der Waals surface area contributed by atoms with E-state index in [1.165, 1.54) is 0 Å². The number of halogens is 1. The van der Waals surface area contributed by atoms with Crippen molar-refractivity contribution in [3.8, 4) is 5.75 Å². The lowest BCUT2D eigenvalue weighted by atomic mass is 10.0. The van der Waals surface area contributed by atoms with Crippen LogP contribution in [-0.2, 0) is 11.4 Å². The number of aryl methyl sites for hydroxylation is 1. The molecule has 0 saturated carbocycles. The molecule has 1 heterocycles. The van der Waals surface area contributed by atoms with Gasteiger partial charge in [-0.05, 0) is 60.2 Å². The minimum Gasteiger partial charge on any atom is -0.485 e. The highest BCUT2D eigenvalue weighted by Crippen LogP contribution is 2.28. The van der Waals surface area contributed by atoms with Crippen molar-refractivity contribution < 1.29 is 18.7 Å². The number of benzene rings is 1. The number of carbonyl (C=O) groups excluding carboxylic acids is 2. The van der Waals surface area contributed by atoms with Crippen LogP contribution in [0.2, 0.25) is 0 Å². The highest BCUT2D eigenvalue weighted by Gasteiger charge is 2.13. The summed E-state index contributed by atoms with van der Waals surface area (Å²) in [6.45, 7) is 6.86. The lowest BCUT2D eigenvalue weighted by Crippen LogP contribution is -2.24. The third kappa shape index (κ3) is 5.92. The van der Waals surface area contributed by atoms with Gasteiger partial charge < -0.3 is 14.5 Å². The molecule has 140 valence electrons. The molecular weight excluding hydrogens is 354 g/mol. The molecule has 0 unspecified atom stereocenters. The van der Waals surface area contributed by atoms with Crippen LogP contribution in [0.25, 0.3) is 0 Å². The summed E-state index contributed by atoms with van der Waals surface area (Å²) >= 11 is 5.25. The predicted octanol–water partition coefficient (Wildman–Crippen LogP) is 4.57. The molecule has 26 heavy (non-hydrogen) atoms. The molecule has 5 nitrogen and oxygen atoms in total. The van der Waals surface area contributed by atoms with E-state index in [0.717, 1.165) is 16.9 Å². The maximum Gasteiger partial charge on any atom is 0.286 e. The zero-order chi connectivity index (χ0) is 19.1. The van der Waals surface area contributed by atoms with Crippen LogP contribution in [0, 0.1) is 6.92 Å². The van der Waals surface area contributed by atoms with E-state index < -0.39 is 5.24 Å². The van der Waals surface area contributed by atoms with Gasteiger partial charge in [-0.3, -0.25) is 9.59 Å². The van der Waals surface area contributed by atoms with E-state index in [0.29, 0.717) is 24.6 Å². The summed E-state index contributed by atoms with van der Waals surface area (Å²) in [5.41, 5.74) is 2.26. The number of hydrogen-bond acceptors (Lipinski definition) is 4. The maximum atomic E-state index is 12.0. The Morgan fingerprint density at radius 1 is 1.23 bits per heavy atom. The van der Waals surface area contributed by atoms with Crippen molar-refractivity contribution in [2.45, 2.75) is 46.1 Å². The Morgan fingerprint density at radius 2 is 2.00 bits per heavy atom. The Labute approximate surface area is 158 Å². The van der Waals surface area contributed by atoms with E-state index >= 15 is 0 Å². The summed E-state index contributed by atoms with van der Waals surface area (Å²) in [6.07, 6.45) is 0.726. The molecule has 1 aromatic heterocycles. The molecule has 1 N–H and O–H groups in total. The first-order valence-electron chi connectivity index (χ1n) is 8.65. The van der Waals surface area contributed by atoms with Gasteiger partial charge in [0.2, 0.25) is 5.24 Å². The number of ether oxygens (including phenoxy) is 1. The molecule has 1 aromatic carbocycles. The van der Waals surface area contributed by atoms with E-state index in [4.69, 9.17) is 20.8 Å². The van der Waals surface area contributed by atoms with Crippen LogP contribution >= 0.6 is 11.6 Å². The molecule has 0 radical (unpaired) electrons. The van der Waals surface area contributed by atoms with Gasteiger partial charge in [0.1, 0.15) is 18.1 Å². The zero-order valence-corrected chi connectivity index (χ0v) is 16.1. The topological polar surface area (TPSA) is 68.5 Å². The summed E-state index contributed by atoms with van der Waals surface area (Å²) in [6, 6.07) is 9.48. The molecule has 0 spiro atoms. The van der Waals surface area contributed by atoms with Crippen molar-refractivity contribution >= 4 is 22.8 Å². The number of nitrogens with one attached hydrogen (secondary N) is 1. The average Bonchev–Trinajstić information content (AvgIpc) is 3.05. The number of carbonyl (C=O) groups is 2. The van der Waals surface area contributed by atoms with E-state index in [-0.39, 0.29) is 24.7 Å². The van der Waals surface area contributed by atoms with Crippen molar-refractivity contribution in [3.63, 3.8) is 0 Å². The van der Waals surface area contributed by atoms with Crippen molar-refractivity contribution in [1.82, 2.24) is 5.32 Å². The number of furan rings is 1. The van der Waals surface area contributed by atoms with Crippen molar-refractivity contribution in [3.05, 3.63) is 53.0 Å². The lowest BCUT2D eigenvalue weighted by molar-refractivity contribution is -0.111. The monoisotopic (exact) mass is 377 g/mol. The van der Waals surface area contributed by atoms with Gasteiger partial charge in [-0.2, -0.15) is 0 Å². The predicted molar refractivity (Wildman–Crippen MR) is 101 cm³/mol. The average molecular weight is 378 g/mol. The quantitative estimate of drug-likeness (QED) is 0.513. The summed E-state index contributed by atoms with van der Waals surface area (Å²) in [5, 5.41) is 2.28. The van der Waals surface area contributed by atoms with Gasteiger partial charge in [0.15, 0.2) is 5.76 Å². The van der Waals surface area contributed by atoms with Crippen LogP contribution in [0.3, 0.4) is 0 Å². The molecular formula is C20H24ClNO4. The van der Waals surface area contributed by atoms with Crippen LogP contribution < -0.4 is 10.1 Å². The van der Waals surface area contributed by atoms with Crippen molar-refractivity contribution in [2.24, 2.45) is 0 Å². The van der Waals surface area contributed by atoms with E-state index in [1.807, 2.05) is 13.0 Å². The van der Waals surface area contributed by atoms with Crippen LogP contribution in [0.1, 0.15) is 60.0 Å². The Morgan fingerprint density at radius 3 is 2.69 bits per heavy atom. The van der Waals surface area contributed by atoms with Crippen molar-refractivity contribution in [1.29, 1.82) is 0 Å². The molecule has 2 aromatic rings. The molecule has 0 aliphatic heterocycles. The van der Waals surface area contributed by atoms with E-state index in [1.54, 1.807) is 12.1 Å². The second-order valence-corrected chi connectivity index (χ2v) is 6.89. The van der Waals surface area contributed by atoms with E-state index in [2.05, 4.69) is 31.3 Å². The van der Waals surface area contributed by atoms with Gasteiger partial charge in [-0.25, -0.2) is 0 Å². The molecule has 2 rings (SSSR count). The molecule has 1 amide bonds. The fraction of sp³-hybridized carbons (Fsp3) is 0.400. The Kier molecular flexibility index (Phi) is 7.27. The lowest BCUT2D eigenvalue weighted by Gasteiger charge is -2.14. The molecule has 6 heteroatoms. The summed E-state index contributed by atoms with van der Waals surface area (Å²) in [7, 11) is 0. The first-order chi connectivity index (χ1) is 12.4. The van der Waals surface area contributed by atoms with Crippen molar-refractivity contribution in [2.75, 3.05) is 6.54 Å². The zero-order valence-electron chi connectivity index (χ0n) is 15.3. The van der Waals surface area contributed by atoms with Gasteiger partial charge in [0.25, 0.3) is 5.91 Å². The highest BCUT2D eigenvalue weighted by atomic mass is 35.5. The third-order valence-electron chi connectivity index (χ3n) is 3.88. The van der Waals surface area contributed by atoms with Gasteiger partial charge in [0, 0.05) is 13.0 Å². The second-order valence-electron chi connectivity index (χ2n) is 6.47. The molecule has 0 aliphatic rings. The third-order valence-corrected chi connectivity index (χ3v) is 4.07. The standard InChI is InChI=1S/C20H24ClNO4/c1-13(2)16-8-6-14(3)11-18(16)25-12-15-7-9-17(26-15)20(24)22-10-4-5-19(21)23/h6-9,11,13H,4-5,10,12H2,1-3H3,(H,22,24). The van der Waals surface area contributed by atoms with Crippen LogP contribution in [-0.4, -0.2) is 17.7 Å². The molecule has 0 bridgehead atoms. The molecule has 0 aliphatic carbocycles. The fourth-order valence-electron chi connectivity index (χ4n) is 2.49. The van der Waals surface area contributed by atoms with Gasteiger partial charge in [0.05, 0.1) is 0 Å². The number of hydrogen-bond donors (Lipinski definition) is 1. The summed E-state index contributed by atoms with van der Waals surface area (Å²) < 4.78 is 11.5. The Hall–Kier alpha value is -2.27. The SMILES string of the molecule is Cc1ccc(C(C)C)c(OCc2ccc(C(=O)NCCCC(=O)Cl)o2)c1. The van der Waals surface area contributed by atoms with Gasteiger partial charge in [-0.1, -0.05) is 26.0 Å². The largest absolute Gasteiger partial charge is 0.485 e. The second kappa shape index (κ2) is 9.43. The molecule has 0 saturated heterocycles. The van der Waals surface area contributed by atoms with Crippen LogP contribution in [0.4, 0.5) is 0 Å². The first-order valence-corrected chi connectivity index (χ1v) is 9.03.